The molecule has 5 amide bonds. The summed E-state index contributed by atoms with van der Waals surface area (Å²) in [6.45, 7) is 1.51. The van der Waals surface area contributed by atoms with Crippen molar-refractivity contribution < 1.29 is 19.2 Å². The van der Waals surface area contributed by atoms with Crippen LogP contribution in [-0.2, 0) is 14.4 Å². The zero-order valence-corrected chi connectivity index (χ0v) is 12.6. The van der Waals surface area contributed by atoms with Crippen LogP contribution in [0.4, 0.5) is 4.79 Å². The maximum Gasteiger partial charge on any atom is 0.331 e. The van der Waals surface area contributed by atoms with E-state index in [-0.39, 0.29) is 5.91 Å². The first kappa shape index (κ1) is 15.5. The molecule has 0 radical (unpaired) electrons. The minimum atomic E-state index is -1.17. The minimum absolute atomic E-state index is 0.348. The summed E-state index contributed by atoms with van der Waals surface area (Å²) in [5.41, 5.74) is -1.17. The predicted octanol–water partition coefficient (Wildman–Crippen LogP) is 0.492. The molecule has 1 saturated carbocycles. The quantitative estimate of drug-likeness (QED) is 0.751. The maximum atomic E-state index is 12.8. The molecule has 1 unspecified atom stereocenters. The highest BCUT2D eigenvalue weighted by molar-refractivity contribution is 6.20. The molecule has 0 aromatic rings. The van der Waals surface area contributed by atoms with E-state index >= 15 is 0 Å². The van der Waals surface area contributed by atoms with Gasteiger partial charge in [-0.25, -0.2) is 4.79 Å². The molecule has 21 heavy (non-hydrogen) atoms. The van der Waals surface area contributed by atoms with Crippen LogP contribution in [0.15, 0.2) is 0 Å². The number of rotatable bonds is 2. The van der Waals surface area contributed by atoms with E-state index in [9.17, 15) is 19.2 Å². The highest BCUT2D eigenvalue weighted by Crippen LogP contribution is 2.40. The molecular weight excluding hydrogens is 274 g/mol. The maximum absolute atomic E-state index is 12.8. The Labute approximate surface area is 123 Å². The van der Waals surface area contributed by atoms with Crippen LogP contribution < -0.4 is 5.32 Å². The van der Waals surface area contributed by atoms with Gasteiger partial charge in [0, 0.05) is 14.1 Å². The molecule has 7 heteroatoms. The van der Waals surface area contributed by atoms with Gasteiger partial charge in [-0.3, -0.25) is 24.6 Å². The Morgan fingerprint density at radius 2 is 1.76 bits per heavy atom. The summed E-state index contributed by atoms with van der Waals surface area (Å²) in [5.74, 6) is -1.39. The highest BCUT2D eigenvalue weighted by Gasteiger charge is 2.55. The van der Waals surface area contributed by atoms with Gasteiger partial charge in [-0.1, -0.05) is 19.3 Å². The number of nitrogens with zero attached hydrogens (tertiary/aromatic N) is 2. The second-order valence-electron chi connectivity index (χ2n) is 5.99. The van der Waals surface area contributed by atoms with Crippen molar-refractivity contribution in [2.24, 2.45) is 5.41 Å². The van der Waals surface area contributed by atoms with Crippen LogP contribution in [0.1, 0.15) is 39.0 Å². The van der Waals surface area contributed by atoms with Crippen molar-refractivity contribution >= 4 is 23.8 Å². The summed E-state index contributed by atoms with van der Waals surface area (Å²) in [6.07, 6.45) is 3.39. The second-order valence-corrected chi connectivity index (χ2v) is 5.99. The zero-order chi connectivity index (χ0) is 15.8. The van der Waals surface area contributed by atoms with E-state index in [1.165, 1.54) is 11.8 Å². The average molecular weight is 295 g/mol. The number of carbonyl (C=O) groups excluding carboxylic acids is 4. The molecule has 1 spiro atoms. The van der Waals surface area contributed by atoms with Gasteiger partial charge in [-0.05, 0) is 19.8 Å². The summed E-state index contributed by atoms with van der Waals surface area (Å²) in [7, 11) is 3.12. The molecule has 7 nitrogen and oxygen atoms in total. The fraction of sp³-hybridized carbons (Fsp3) is 0.714. The van der Waals surface area contributed by atoms with Gasteiger partial charge < -0.3 is 4.90 Å². The van der Waals surface area contributed by atoms with Gasteiger partial charge in [0.05, 0.1) is 0 Å². The molecule has 116 valence electrons. The van der Waals surface area contributed by atoms with E-state index in [0.29, 0.717) is 12.8 Å². The van der Waals surface area contributed by atoms with E-state index in [0.717, 1.165) is 24.2 Å². The number of carbonyl (C=O) groups is 4. The van der Waals surface area contributed by atoms with E-state index in [4.69, 9.17) is 0 Å². The van der Waals surface area contributed by atoms with Crippen molar-refractivity contribution in [2.75, 3.05) is 14.1 Å². The summed E-state index contributed by atoms with van der Waals surface area (Å²) in [5, 5.41) is 2.25. The molecule has 1 atom stereocenters. The summed E-state index contributed by atoms with van der Waals surface area (Å²) in [6, 6.07) is -1.72. The van der Waals surface area contributed by atoms with Gasteiger partial charge in [0.2, 0.25) is 17.7 Å². The SMILES string of the molecule is CC(C(=O)N(C)C)N1C(=O)NC(=O)C2(CCCCC2)C1=O. The van der Waals surface area contributed by atoms with Gasteiger partial charge in [0.1, 0.15) is 11.5 Å². The first-order valence-electron chi connectivity index (χ1n) is 7.21. The fourth-order valence-electron chi connectivity index (χ4n) is 3.13. The Balaban J connectivity index is 2.33. The van der Waals surface area contributed by atoms with Crippen molar-refractivity contribution in [1.82, 2.24) is 15.1 Å². The van der Waals surface area contributed by atoms with Crippen LogP contribution in [0.2, 0.25) is 0 Å². The lowest BCUT2D eigenvalue weighted by molar-refractivity contribution is -0.158. The summed E-state index contributed by atoms with van der Waals surface area (Å²) < 4.78 is 0. The van der Waals surface area contributed by atoms with Gasteiger partial charge >= 0.3 is 6.03 Å². The standard InChI is InChI=1S/C14H21N3O4/c1-9(10(18)16(2)3)17-12(20)14(7-5-4-6-8-14)11(19)15-13(17)21/h9H,4-8H2,1-3H3,(H,15,19,21). The molecule has 2 fully saturated rings. The van der Waals surface area contributed by atoms with E-state index in [1.54, 1.807) is 14.1 Å². The van der Waals surface area contributed by atoms with Gasteiger partial charge in [-0.2, -0.15) is 0 Å². The third-order valence-corrected chi connectivity index (χ3v) is 4.39. The Morgan fingerprint density at radius 1 is 1.19 bits per heavy atom. The third kappa shape index (κ3) is 2.41. The molecular formula is C14H21N3O4. The van der Waals surface area contributed by atoms with Crippen LogP contribution in [0.3, 0.4) is 0 Å². The molecule has 1 heterocycles. The summed E-state index contributed by atoms with van der Waals surface area (Å²) >= 11 is 0. The number of likely N-dealkylation sites (N-methyl/N-ethyl adjacent to an activating group) is 1. The molecule has 1 saturated heterocycles. The Hall–Kier alpha value is -1.92. The number of urea groups is 1. The second kappa shape index (κ2) is 5.46. The van der Waals surface area contributed by atoms with Crippen molar-refractivity contribution in [3.05, 3.63) is 0 Å². The predicted molar refractivity (Wildman–Crippen MR) is 74.1 cm³/mol. The normalized spacial score (nSPS) is 23.0. The van der Waals surface area contributed by atoms with Crippen LogP contribution in [0.25, 0.3) is 0 Å². The monoisotopic (exact) mass is 295 g/mol. The lowest BCUT2D eigenvalue weighted by Crippen LogP contribution is -2.67. The first-order chi connectivity index (χ1) is 9.81. The summed E-state index contributed by atoms with van der Waals surface area (Å²) in [4.78, 5) is 51.3. The molecule has 2 aliphatic rings. The number of barbiturate groups is 1. The van der Waals surface area contributed by atoms with Crippen LogP contribution in [0.5, 0.6) is 0 Å². The average Bonchev–Trinajstić information content (AvgIpc) is 2.45. The highest BCUT2D eigenvalue weighted by atomic mass is 16.2. The first-order valence-corrected chi connectivity index (χ1v) is 7.21. The smallest absolute Gasteiger partial charge is 0.331 e. The van der Waals surface area contributed by atoms with Gasteiger partial charge in [-0.15, -0.1) is 0 Å². The van der Waals surface area contributed by atoms with Crippen LogP contribution in [0, 0.1) is 5.41 Å². The largest absolute Gasteiger partial charge is 0.347 e. The van der Waals surface area contributed by atoms with Crippen molar-refractivity contribution in [3.8, 4) is 0 Å². The van der Waals surface area contributed by atoms with Gasteiger partial charge in [0.25, 0.3) is 0 Å². The van der Waals surface area contributed by atoms with Crippen molar-refractivity contribution in [3.63, 3.8) is 0 Å². The van der Waals surface area contributed by atoms with Gasteiger partial charge in [0.15, 0.2) is 0 Å². The Kier molecular flexibility index (Phi) is 4.02. The van der Waals surface area contributed by atoms with Crippen molar-refractivity contribution in [1.29, 1.82) is 0 Å². The fourth-order valence-corrected chi connectivity index (χ4v) is 3.13. The Morgan fingerprint density at radius 3 is 2.29 bits per heavy atom. The van der Waals surface area contributed by atoms with E-state index in [2.05, 4.69) is 5.32 Å². The molecule has 2 rings (SSSR count). The molecule has 1 N–H and O–H groups in total. The molecule has 0 aromatic carbocycles. The number of imide groups is 2. The Bertz CT molecular complexity index is 494. The van der Waals surface area contributed by atoms with Crippen LogP contribution >= 0.6 is 0 Å². The van der Waals surface area contributed by atoms with Crippen molar-refractivity contribution in [2.45, 2.75) is 45.1 Å². The minimum Gasteiger partial charge on any atom is -0.347 e. The lowest BCUT2D eigenvalue weighted by atomic mass is 9.71. The molecule has 0 bridgehead atoms. The topological polar surface area (TPSA) is 86.8 Å². The molecule has 0 aromatic heterocycles. The van der Waals surface area contributed by atoms with E-state index < -0.39 is 29.3 Å². The number of hydrogen-bond donors (Lipinski definition) is 1. The molecule has 1 aliphatic heterocycles. The number of amides is 5. The van der Waals surface area contributed by atoms with Crippen LogP contribution in [-0.4, -0.2) is 53.7 Å². The third-order valence-electron chi connectivity index (χ3n) is 4.39. The van der Waals surface area contributed by atoms with E-state index in [1.807, 2.05) is 0 Å². The number of nitrogens with one attached hydrogen (secondary N) is 1. The molecule has 1 aliphatic carbocycles. The zero-order valence-electron chi connectivity index (χ0n) is 12.6. The lowest BCUT2D eigenvalue weighted by Gasteiger charge is -2.43. The number of hydrogen-bond acceptors (Lipinski definition) is 4.